The Labute approximate surface area is 216 Å². The summed E-state index contributed by atoms with van der Waals surface area (Å²) in [6, 6.07) is 4.95. The molecule has 196 valence electrons. The van der Waals surface area contributed by atoms with Gasteiger partial charge in [-0.15, -0.1) is 0 Å². The van der Waals surface area contributed by atoms with Crippen LogP contribution in [-0.4, -0.2) is 48.5 Å². The van der Waals surface area contributed by atoms with E-state index >= 15 is 0 Å². The van der Waals surface area contributed by atoms with Gasteiger partial charge in [-0.2, -0.15) is 23.5 Å². The summed E-state index contributed by atoms with van der Waals surface area (Å²) >= 11 is 12.4. The molecule has 0 unspecified atom stereocenters. The number of carbonyl (C=O) groups excluding carboxylic acids is 3. The van der Waals surface area contributed by atoms with Crippen molar-refractivity contribution in [1.29, 1.82) is 5.26 Å². The molecule has 0 atom stereocenters. The lowest BCUT2D eigenvalue weighted by molar-refractivity contribution is -0.167. The molecule has 0 fully saturated rings. The van der Waals surface area contributed by atoms with Crippen LogP contribution in [0.15, 0.2) is 29.5 Å². The fourth-order valence-corrected chi connectivity index (χ4v) is 2.90. The number of aromatic nitrogens is 1. The van der Waals surface area contributed by atoms with Gasteiger partial charge in [0.2, 0.25) is 11.6 Å². The lowest BCUT2D eigenvalue weighted by Gasteiger charge is -2.14. The van der Waals surface area contributed by atoms with Gasteiger partial charge < -0.3 is 19.5 Å². The molecule has 17 heteroatoms. The molecule has 1 heterocycles. The highest BCUT2D eigenvalue weighted by atomic mass is 35.5. The van der Waals surface area contributed by atoms with Crippen LogP contribution in [0.25, 0.3) is 0 Å². The summed E-state index contributed by atoms with van der Waals surface area (Å²) in [6.45, 7) is 1.51. The fourth-order valence-electron chi connectivity index (χ4n) is 2.34. The quantitative estimate of drug-likeness (QED) is 0.315. The Kier molecular flexibility index (Phi) is 9.86. The van der Waals surface area contributed by atoms with Crippen LogP contribution < -0.4 is 25.5 Å². The van der Waals surface area contributed by atoms with E-state index in [2.05, 4.69) is 20.2 Å². The van der Waals surface area contributed by atoms with Crippen molar-refractivity contribution >= 4 is 58.2 Å². The number of alkyl halides is 3. The Bertz CT molecular complexity index is 1260. The molecule has 3 amide bonds. The van der Waals surface area contributed by atoms with Gasteiger partial charge >= 0.3 is 18.2 Å². The van der Waals surface area contributed by atoms with E-state index in [-0.39, 0.29) is 39.7 Å². The third-order valence-electron chi connectivity index (χ3n) is 3.85. The van der Waals surface area contributed by atoms with E-state index < -0.39 is 35.5 Å². The second-order valence-corrected chi connectivity index (χ2v) is 7.22. The van der Waals surface area contributed by atoms with Gasteiger partial charge in [0.1, 0.15) is 17.5 Å². The number of nitrogens with one attached hydrogen (secondary N) is 3. The molecule has 1 aromatic heterocycles. The third-order valence-corrected chi connectivity index (χ3v) is 4.41. The van der Waals surface area contributed by atoms with Gasteiger partial charge in [0.05, 0.1) is 35.6 Å². The first-order valence-electron chi connectivity index (χ1n) is 9.70. The second kappa shape index (κ2) is 12.6. The average Bonchev–Trinajstić information content (AvgIpc) is 2.81. The summed E-state index contributed by atoms with van der Waals surface area (Å²) in [6.07, 6.45) is -5.16. The lowest BCUT2D eigenvalue weighted by Crippen LogP contribution is -2.36. The van der Waals surface area contributed by atoms with Crippen molar-refractivity contribution in [3.8, 4) is 23.4 Å². The van der Waals surface area contributed by atoms with Gasteiger partial charge in [-0.25, -0.2) is 9.78 Å². The number of nitrogens with zero attached hydrogens (tertiary/aromatic N) is 3. The first-order chi connectivity index (χ1) is 17.4. The number of methoxy groups -OCH3 is 1. The normalized spacial score (nSPS) is 11.1. The SMILES string of the molecule is CCOC(=O)NC(=O)C(C#N)=NNc1cc(Cl)c(Oc2cnc(OC)c(NC(=O)C(F)(F)F)c2)c(Cl)c1. The summed E-state index contributed by atoms with van der Waals surface area (Å²) in [7, 11) is 1.13. The first kappa shape index (κ1) is 28.9. The van der Waals surface area contributed by atoms with Crippen LogP contribution in [0.2, 0.25) is 10.0 Å². The van der Waals surface area contributed by atoms with Crippen molar-refractivity contribution in [3.05, 3.63) is 34.4 Å². The number of amides is 3. The minimum Gasteiger partial charge on any atom is -0.480 e. The van der Waals surface area contributed by atoms with Crippen LogP contribution in [0.1, 0.15) is 6.92 Å². The largest absolute Gasteiger partial charge is 0.480 e. The van der Waals surface area contributed by atoms with E-state index in [1.807, 2.05) is 0 Å². The molecule has 2 aromatic rings. The Morgan fingerprint density at radius 3 is 2.38 bits per heavy atom. The zero-order chi connectivity index (χ0) is 27.8. The van der Waals surface area contributed by atoms with Crippen molar-refractivity contribution in [2.75, 3.05) is 24.5 Å². The summed E-state index contributed by atoms with van der Waals surface area (Å²) in [5, 5.41) is 15.8. The van der Waals surface area contributed by atoms with Crippen LogP contribution in [-0.2, 0) is 14.3 Å². The number of alkyl carbamates (subject to hydrolysis) is 1. The monoisotopic (exact) mass is 562 g/mol. The highest BCUT2D eigenvalue weighted by molar-refractivity contribution is 6.47. The van der Waals surface area contributed by atoms with Gasteiger partial charge in [-0.3, -0.25) is 20.3 Å². The molecule has 0 aliphatic carbocycles. The van der Waals surface area contributed by atoms with E-state index in [0.717, 1.165) is 19.4 Å². The molecule has 0 bridgehead atoms. The van der Waals surface area contributed by atoms with Crippen molar-refractivity contribution in [2.24, 2.45) is 5.10 Å². The Hall–Kier alpha value is -4.29. The predicted molar refractivity (Wildman–Crippen MR) is 124 cm³/mol. The fraction of sp³-hybridized carbons (Fsp3) is 0.200. The van der Waals surface area contributed by atoms with Gasteiger partial charge in [0.15, 0.2) is 5.75 Å². The number of benzene rings is 1. The first-order valence-corrected chi connectivity index (χ1v) is 10.5. The molecule has 0 radical (unpaired) electrons. The molecule has 3 N–H and O–H groups in total. The number of hydrazone groups is 1. The van der Waals surface area contributed by atoms with Crippen LogP contribution in [0.5, 0.6) is 17.4 Å². The molecule has 2 rings (SSSR count). The maximum Gasteiger partial charge on any atom is 0.471 e. The number of rotatable bonds is 8. The number of ether oxygens (including phenoxy) is 3. The summed E-state index contributed by atoms with van der Waals surface area (Å²) < 4.78 is 52.7. The van der Waals surface area contributed by atoms with E-state index in [1.54, 1.807) is 10.6 Å². The minimum atomic E-state index is -5.16. The zero-order valence-electron chi connectivity index (χ0n) is 18.7. The Morgan fingerprint density at radius 1 is 1.19 bits per heavy atom. The number of hydrogen-bond donors (Lipinski definition) is 3. The van der Waals surface area contributed by atoms with E-state index in [0.29, 0.717) is 0 Å². The van der Waals surface area contributed by atoms with Crippen LogP contribution in [0, 0.1) is 11.3 Å². The number of carbonyl (C=O) groups is 3. The number of imide groups is 1. The minimum absolute atomic E-state index is 0.00208. The maximum absolute atomic E-state index is 12.6. The molecule has 0 aliphatic rings. The molecule has 1 aromatic carbocycles. The maximum atomic E-state index is 12.6. The second-order valence-electron chi connectivity index (χ2n) is 6.41. The molecule has 0 saturated heterocycles. The summed E-state index contributed by atoms with van der Waals surface area (Å²) in [5.41, 5.74) is 1.29. The molecule has 37 heavy (non-hydrogen) atoms. The number of pyridine rings is 1. The third kappa shape index (κ3) is 8.12. The Morgan fingerprint density at radius 2 is 1.84 bits per heavy atom. The standard InChI is InChI=1S/C20H15Cl2F3N6O6/c1-3-36-19(34)29-16(32)14(7-26)31-30-9-4-11(21)15(12(22)5-9)37-10-6-13(17(35-2)27-8-10)28-18(33)20(23,24)25/h4-6,8,30H,3H2,1-2H3,(H,28,33)(H,29,32,34). The highest BCUT2D eigenvalue weighted by Gasteiger charge is 2.39. The van der Waals surface area contributed by atoms with Gasteiger partial charge in [0.25, 0.3) is 5.91 Å². The van der Waals surface area contributed by atoms with E-state index in [4.69, 9.17) is 37.9 Å². The number of halogens is 5. The molecule has 0 aliphatic heterocycles. The lowest BCUT2D eigenvalue weighted by atomic mass is 10.3. The summed E-state index contributed by atoms with van der Waals surface area (Å²) in [4.78, 5) is 38.2. The van der Waals surface area contributed by atoms with Crippen molar-refractivity contribution in [3.63, 3.8) is 0 Å². The molecular weight excluding hydrogens is 548 g/mol. The zero-order valence-corrected chi connectivity index (χ0v) is 20.2. The highest BCUT2D eigenvalue weighted by Crippen LogP contribution is 2.40. The van der Waals surface area contributed by atoms with Crippen molar-refractivity contribution in [1.82, 2.24) is 10.3 Å². The van der Waals surface area contributed by atoms with E-state index in [9.17, 15) is 27.6 Å². The Balaban J connectivity index is 2.24. The molecule has 0 spiro atoms. The van der Waals surface area contributed by atoms with Crippen molar-refractivity contribution in [2.45, 2.75) is 13.1 Å². The molecular formula is C20H15Cl2F3N6O6. The number of anilines is 2. The van der Waals surface area contributed by atoms with Crippen LogP contribution in [0.4, 0.5) is 29.3 Å². The molecule has 0 saturated carbocycles. The molecule has 12 nitrogen and oxygen atoms in total. The van der Waals surface area contributed by atoms with E-state index in [1.165, 1.54) is 25.1 Å². The van der Waals surface area contributed by atoms with Gasteiger partial charge in [0, 0.05) is 6.07 Å². The summed E-state index contributed by atoms with van der Waals surface area (Å²) in [5.74, 6) is -4.03. The van der Waals surface area contributed by atoms with Crippen molar-refractivity contribution < 1.29 is 41.8 Å². The number of nitriles is 1. The topological polar surface area (TPSA) is 164 Å². The number of hydrogen-bond acceptors (Lipinski definition) is 10. The predicted octanol–water partition coefficient (Wildman–Crippen LogP) is 4.25. The van der Waals surface area contributed by atoms with Crippen LogP contribution >= 0.6 is 23.2 Å². The smallest absolute Gasteiger partial charge is 0.471 e. The van der Waals surface area contributed by atoms with Crippen LogP contribution in [0.3, 0.4) is 0 Å². The van der Waals surface area contributed by atoms with Gasteiger partial charge in [-0.05, 0) is 19.1 Å². The average molecular weight is 563 g/mol. The van der Waals surface area contributed by atoms with Gasteiger partial charge in [-0.1, -0.05) is 23.2 Å².